The second-order valence-corrected chi connectivity index (χ2v) is 8.27. The summed E-state index contributed by atoms with van der Waals surface area (Å²) in [4.78, 5) is 25.9. The molecule has 0 aromatic carbocycles. The van der Waals surface area contributed by atoms with E-state index in [0.717, 1.165) is 56.1 Å². The number of rotatable bonds is 5. The van der Waals surface area contributed by atoms with Crippen molar-refractivity contribution in [2.75, 3.05) is 14.2 Å². The van der Waals surface area contributed by atoms with E-state index in [1.807, 2.05) is 13.0 Å². The first kappa shape index (κ1) is 19.7. The number of carbonyl (C=O) groups excluding carboxylic acids is 2. The Hall–Kier alpha value is -2.04. The zero-order chi connectivity index (χ0) is 19.7. The Labute approximate surface area is 161 Å². The normalized spacial score (nSPS) is 33.2. The molecule has 0 aliphatic heterocycles. The molecule has 1 aromatic rings. The van der Waals surface area contributed by atoms with Crippen molar-refractivity contribution in [1.82, 2.24) is 0 Å². The van der Waals surface area contributed by atoms with Gasteiger partial charge in [0, 0.05) is 0 Å². The highest BCUT2D eigenvalue weighted by molar-refractivity contribution is 5.83. The molecule has 2 aliphatic rings. The van der Waals surface area contributed by atoms with E-state index in [2.05, 4.69) is 6.58 Å². The first-order valence-corrected chi connectivity index (χ1v) is 9.75. The van der Waals surface area contributed by atoms with Gasteiger partial charge in [-0.15, -0.1) is 0 Å². The van der Waals surface area contributed by atoms with Crippen LogP contribution in [0.15, 0.2) is 35.2 Å². The third-order valence-electron chi connectivity index (χ3n) is 7.07. The molecule has 3 rings (SSSR count). The maximum atomic E-state index is 13.2. The number of carbonyl (C=O) groups is 2. The van der Waals surface area contributed by atoms with Crippen molar-refractivity contribution >= 4 is 11.9 Å². The summed E-state index contributed by atoms with van der Waals surface area (Å²) < 4.78 is 15.7. The molecule has 5 heteroatoms. The van der Waals surface area contributed by atoms with E-state index in [4.69, 9.17) is 13.9 Å². The highest BCUT2D eigenvalue weighted by Gasteiger charge is 2.64. The molecule has 0 radical (unpaired) electrons. The van der Waals surface area contributed by atoms with Crippen LogP contribution in [0.4, 0.5) is 0 Å². The first-order chi connectivity index (χ1) is 12.9. The average molecular weight is 374 g/mol. The van der Waals surface area contributed by atoms with Gasteiger partial charge < -0.3 is 13.9 Å². The van der Waals surface area contributed by atoms with Crippen LogP contribution in [0.3, 0.4) is 0 Å². The number of hydrogen-bond donors (Lipinski definition) is 0. The van der Waals surface area contributed by atoms with Gasteiger partial charge in [-0.1, -0.05) is 18.6 Å². The lowest BCUT2D eigenvalue weighted by Gasteiger charge is -2.56. The highest BCUT2D eigenvalue weighted by Crippen LogP contribution is 2.62. The minimum atomic E-state index is -0.713. The van der Waals surface area contributed by atoms with Gasteiger partial charge in [-0.25, -0.2) is 0 Å². The Morgan fingerprint density at radius 1 is 1.26 bits per heavy atom. The van der Waals surface area contributed by atoms with E-state index in [0.29, 0.717) is 0 Å². The van der Waals surface area contributed by atoms with Gasteiger partial charge in [0.05, 0.1) is 37.6 Å². The van der Waals surface area contributed by atoms with Gasteiger partial charge in [-0.2, -0.15) is 0 Å². The van der Waals surface area contributed by atoms with E-state index in [9.17, 15) is 9.59 Å². The summed E-state index contributed by atoms with van der Waals surface area (Å²) in [6, 6.07) is 1.95. The summed E-state index contributed by atoms with van der Waals surface area (Å²) in [7, 11) is 2.88. The summed E-state index contributed by atoms with van der Waals surface area (Å²) in [5, 5.41) is 0. The zero-order valence-electron chi connectivity index (χ0n) is 16.6. The first-order valence-electron chi connectivity index (χ1n) is 9.75. The lowest BCUT2D eigenvalue weighted by atomic mass is 9.45. The lowest BCUT2D eigenvalue weighted by molar-refractivity contribution is -0.185. The number of aryl methyl sites for hydroxylation is 1. The van der Waals surface area contributed by atoms with Crippen LogP contribution >= 0.6 is 0 Å². The fraction of sp³-hybridized carbons (Fsp3) is 0.636. The molecule has 5 nitrogen and oxygen atoms in total. The molecule has 0 amide bonds. The smallest absolute Gasteiger partial charge is 0.312 e. The van der Waals surface area contributed by atoms with Gasteiger partial charge in [-0.05, 0) is 68.9 Å². The van der Waals surface area contributed by atoms with Crippen molar-refractivity contribution in [2.24, 2.45) is 22.7 Å². The highest BCUT2D eigenvalue weighted by atomic mass is 16.5. The lowest BCUT2D eigenvalue weighted by Crippen LogP contribution is -2.58. The molecule has 0 spiro atoms. The Kier molecular flexibility index (Phi) is 5.50. The van der Waals surface area contributed by atoms with Crippen molar-refractivity contribution in [1.29, 1.82) is 0 Å². The molecule has 1 heterocycles. The van der Waals surface area contributed by atoms with Gasteiger partial charge >= 0.3 is 11.9 Å². The summed E-state index contributed by atoms with van der Waals surface area (Å²) in [6.45, 7) is 6.27. The maximum Gasteiger partial charge on any atom is 0.312 e. The van der Waals surface area contributed by atoms with E-state index in [1.54, 1.807) is 12.5 Å². The van der Waals surface area contributed by atoms with Crippen molar-refractivity contribution in [3.8, 4) is 0 Å². The quantitative estimate of drug-likeness (QED) is 0.567. The van der Waals surface area contributed by atoms with E-state index in [1.165, 1.54) is 14.2 Å². The van der Waals surface area contributed by atoms with Crippen molar-refractivity contribution in [2.45, 2.75) is 51.9 Å². The van der Waals surface area contributed by atoms with Gasteiger partial charge in [0.15, 0.2) is 0 Å². The van der Waals surface area contributed by atoms with E-state index < -0.39 is 10.8 Å². The van der Waals surface area contributed by atoms with Gasteiger partial charge in [0.2, 0.25) is 0 Å². The third-order valence-corrected chi connectivity index (χ3v) is 7.07. The number of esters is 2. The molecule has 2 fully saturated rings. The molecule has 4 unspecified atom stereocenters. The predicted octanol–water partition coefficient (Wildman–Crippen LogP) is 4.32. The van der Waals surface area contributed by atoms with E-state index >= 15 is 0 Å². The average Bonchev–Trinajstić information content (AvgIpc) is 3.19. The van der Waals surface area contributed by atoms with Crippen molar-refractivity contribution in [3.05, 3.63) is 36.3 Å². The predicted molar refractivity (Wildman–Crippen MR) is 101 cm³/mol. The molecule has 27 heavy (non-hydrogen) atoms. The van der Waals surface area contributed by atoms with Gasteiger partial charge in [-0.3, -0.25) is 9.59 Å². The van der Waals surface area contributed by atoms with Crippen LogP contribution in [0.1, 0.15) is 51.0 Å². The number of fused-ring (bicyclic) bond motifs is 1. The van der Waals surface area contributed by atoms with Crippen LogP contribution in [-0.2, 0) is 25.5 Å². The van der Waals surface area contributed by atoms with Gasteiger partial charge in [0.25, 0.3) is 0 Å². The number of hydrogen-bond acceptors (Lipinski definition) is 5. The second kappa shape index (κ2) is 7.53. The van der Waals surface area contributed by atoms with Crippen LogP contribution in [0, 0.1) is 22.7 Å². The monoisotopic (exact) mass is 374 g/mol. The van der Waals surface area contributed by atoms with Crippen LogP contribution in [0.2, 0.25) is 0 Å². The van der Waals surface area contributed by atoms with E-state index in [-0.39, 0.29) is 23.8 Å². The minimum Gasteiger partial charge on any atom is -0.472 e. The Morgan fingerprint density at radius 2 is 2.00 bits per heavy atom. The Balaban J connectivity index is 2.01. The fourth-order valence-corrected chi connectivity index (χ4v) is 5.79. The van der Waals surface area contributed by atoms with Crippen LogP contribution in [-0.4, -0.2) is 26.2 Å². The molecule has 2 aliphatic carbocycles. The third kappa shape index (κ3) is 3.11. The molecule has 148 valence electrons. The van der Waals surface area contributed by atoms with Gasteiger partial charge in [0.1, 0.15) is 0 Å². The van der Waals surface area contributed by atoms with Crippen molar-refractivity contribution in [3.63, 3.8) is 0 Å². The largest absolute Gasteiger partial charge is 0.472 e. The Morgan fingerprint density at radius 3 is 2.63 bits per heavy atom. The van der Waals surface area contributed by atoms with Crippen LogP contribution < -0.4 is 0 Å². The molecule has 1 aromatic heterocycles. The maximum absolute atomic E-state index is 13.2. The minimum absolute atomic E-state index is 0.0112. The van der Waals surface area contributed by atoms with Crippen molar-refractivity contribution < 1.29 is 23.5 Å². The summed E-state index contributed by atoms with van der Waals surface area (Å²) in [6.07, 6.45) is 8.87. The second-order valence-electron chi connectivity index (χ2n) is 8.27. The number of furan rings is 1. The molecule has 4 atom stereocenters. The summed E-state index contributed by atoms with van der Waals surface area (Å²) in [5.74, 6) is -0.539. The Bertz CT molecular complexity index is 706. The topological polar surface area (TPSA) is 65.7 Å². The SMILES string of the molecule is C=C1CCC2C(C)(C(=O)OC)CCCC2(C(=O)OC)C1CCc1ccoc1. The number of methoxy groups -OCH3 is 2. The fourth-order valence-electron chi connectivity index (χ4n) is 5.79. The molecule has 0 bridgehead atoms. The number of allylic oxidation sites excluding steroid dienone is 1. The molecule has 0 saturated heterocycles. The van der Waals surface area contributed by atoms with Crippen LogP contribution in [0.5, 0.6) is 0 Å². The summed E-state index contributed by atoms with van der Waals surface area (Å²) >= 11 is 0. The van der Waals surface area contributed by atoms with Crippen LogP contribution in [0.25, 0.3) is 0 Å². The molecular weight excluding hydrogens is 344 g/mol. The standard InChI is InChI=1S/C22H30O5/c1-15-6-9-18-21(2,19(23)25-3)11-5-12-22(18,20(24)26-4)17(15)8-7-16-10-13-27-14-16/h10,13-14,17-18H,1,5-9,11-12H2,2-4H3. The molecule has 2 saturated carbocycles. The molecular formula is C22H30O5. The number of ether oxygens (including phenoxy) is 2. The zero-order valence-corrected chi connectivity index (χ0v) is 16.6. The molecule has 0 N–H and O–H groups in total. The summed E-state index contributed by atoms with van der Waals surface area (Å²) in [5.41, 5.74) is 0.816.